The summed E-state index contributed by atoms with van der Waals surface area (Å²) in [7, 11) is 0. The summed E-state index contributed by atoms with van der Waals surface area (Å²) in [6, 6.07) is 7.72. The normalized spacial score (nSPS) is 13.2. The van der Waals surface area contributed by atoms with Crippen molar-refractivity contribution in [1.82, 2.24) is 24.8 Å². The van der Waals surface area contributed by atoms with Crippen LogP contribution in [-0.4, -0.2) is 48.8 Å². The van der Waals surface area contributed by atoms with E-state index in [9.17, 15) is 4.39 Å². The van der Waals surface area contributed by atoms with Gasteiger partial charge in [0.1, 0.15) is 29.6 Å². The predicted molar refractivity (Wildman–Crippen MR) is 105 cm³/mol. The number of aliphatic hydroxyl groups is 1. The van der Waals surface area contributed by atoms with Crippen LogP contribution in [0.1, 0.15) is 36.8 Å². The molecule has 10 heteroatoms. The van der Waals surface area contributed by atoms with Gasteiger partial charge in [0.2, 0.25) is 0 Å². The molecule has 8 nitrogen and oxygen atoms in total. The fourth-order valence-electron chi connectivity index (χ4n) is 3.19. The van der Waals surface area contributed by atoms with E-state index in [1.165, 1.54) is 16.8 Å². The van der Waals surface area contributed by atoms with Crippen LogP contribution in [0.25, 0.3) is 16.6 Å². The molecule has 0 aliphatic rings. The van der Waals surface area contributed by atoms with Crippen LogP contribution >= 0.6 is 0 Å². The minimum Gasteiger partial charge on any atom is -0.393 e. The van der Waals surface area contributed by atoms with Gasteiger partial charge in [0.15, 0.2) is 11.5 Å². The van der Waals surface area contributed by atoms with E-state index in [1.807, 2.05) is 0 Å². The average molecular weight is 412 g/mol. The number of oxime groups is 1. The number of hydrogen-bond donors (Lipinski definition) is 1. The van der Waals surface area contributed by atoms with Crippen LogP contribution in [0.4, 0.5) is 8.78 Å². The number of fused-ring (bicyclic) bond motifs is 2. The lowest BCUT2D eigenvalue weighted by Gasteiger charge is -2.14. The van der Waals surface area contributed by atoms with Crippen molar-refractivity contribution in [3.05, 3.63) is 65.2 Å². The second-order valence-corrected chi connectivity index (χ2v) is 6.66. The summed E-state index contributed by atoms with van der Waals surface area (Å²) in [6.45, 7) is 3.23. The number of rotatable bonds is 6. The fraction of sp³-hybridized carbons (Fsp3) is 0.250. The number of nitrogens with zero attached hydrogens (tertiary/aromatic N) is 6. The Kier molecular flexibility index (Phi) is 5.32. The molecule has 0 bridgehead atoms. The molecule has 154 valence electrons. The number of aromatic nitrogens is 5. The highest BCUT2D eigenvalue weighted by molar-refractivity contribution is 5.96. The van der Waals surface area contributed by atoms with Crippen LogP contribution in [0.2, 0.25) is 0 Å². The minimum atomic E-state index is -0.768. The van der Waals surface area contributed by atoms with Crippen LogP contribution in [-0.2, 0) is 4.84 Å². The highest BCUT2D eigenvalue weighted by Gasteiger charge is 2.25. The second kappa shape index (κ2) is 8.07. The van der Waals surface area contributed by atoms with E-state index in [4.69, 9.17) is 9.94 Å². The number of halogens is 2. The SMILES string of the molecule is C/C(=N\OCCO)c1ccc2nnc([C@H](C)c3c(F)cc4ncccc4c3F)n2n1. The molecule has 3 aromatic heterocycles. The first kappa shape index (κ1) is 19.8. The van der Waals surface area contributed by atoms with Gasteiger partial charge in [0.05, 0.1) is 12.1 Å². The largest absolute Gasteiger partial charge is 0.393 e. The van der Waals surface area contributed by atoms with Crippen molar-refractivity contribution in [3.63, 3.8) is 0 Å². The summed E-state index contributed by atoms with van der Waals surface area (Å²) >= 11 is 0. The lowest BCUT2D eigenvalue weighted by Crippen LogP contribution is -2.11. The number of pyridine rings is 1. The molecule has 0 unspecified atom stereocenters. The summed E-state index contributed by atoms with van der Waals surface area (Å²) in [5.41, 5.74) is 1.47. The van der Waals surface area contributed by atoms with E-state index in [1.54, 1.807) is 38.1 Å². The Morgan fingerprint density at radius 3 is 2.90 bits per heavy atom. The molecule has 30 heavy (non-hydrogen) atoms. The zero-order valence-corrected chi connectivity index (χ0v) is 16.3. The second-order valence-electron chi connectivity index (χ2n) is 6.66. The molecule has 1 aromatic carbocycles. The third-order valence-electron chi connectivity index (χ3n) is 4.69. The van der Waals surface area contributed by atoms with Gasteiger partial charge in [-0.2, -0.15) is 9.61 Å². The first-order chi connectivity index (χ1) is 14.5. The minimum absolute atomic E-state index is 0.0594. The summed E-state index contributed by atoms with van der Waals surface area (Å²) in [4.78, 5) is 8.98. The van der Waals surface area contributed by atoms with E-state index in [0.717, 1.165) is 0 Å². The Labute approximate surface area is 169 Å². The Morgan fingerprint density at radius 1 is 1.27 bits per heavy atom. The highest BCUT2D eigenvalue weighted by Crippen LogP contribution is 2.31. The lowest BCUT2D eigenvalue weighted by atomic mass is 9.97. The summed E-state index contributed by atoms with van der Waals surface area (Å²) in [6.07, 6.45) is 1.48. The molecule has 0 aliphatic carbocycles. The van der Waals surface area contributed by atoms with E-state index < -0.39 is 17.6 Å². The van der Waals surface area contributed by atoms with Crippen molar-refractivity contribution in [2.45, 2.75) is 19.8 Å². The molecular weight excluding hydrogens is 394 g/mol. The number of benzene rings is 1. The van der Waals surface area contributed by atoms with Crippen molar-refractivity contribution in [2.75, 3.05) is 13.2 Å². The Balaban J connectivity index is 1.79. The van der Waals surface area contributed by atoms with Crippen molar-refractivity contribution in [2.24, 2.45) is 5.16 Å². The molecule has 0 saturated carbocycles. The Hall–Kier alpha value is -3.53. The highest BCUT2D eigenvalue weighted by atomic mass is 19.1. The van der Waals surface area contributed by atoms with E-state index in [2.05, 4.69) is 25.4 Å². The first-order valence-electron chi connectivity index (χ1n) is 9.24. The maximum atomic E-state index is 15.1. The molecule has 4 aromatic rings. The molecule has 0 spiro atoms. The monoisotopic (exact) mass is 412 g/mol. The summed E-state index contributed by atoms with van der Waals surface area (Å²) in [5, 5.41) is 25.5. The molecule has 3 heterocycles. The molecular formula is C20H18F2N6O2. The molecule has 0 aliphatic heterocycles. The van der Waals surface area contributed by atoms with Crippen molar-refractivity contribution in [3.8, 4) is 0 Å². The van der Waals surface area contributed by atoms with Crippen LogP contribution in [0.5, 0.6) is 0 Å². The Bertz CT molecular complexity index is 1260. The zero-order chi connectivity index (χ0) is 21.3. The van der Waals surface area contributed by atoms with Gasteiger partial charge in [-0.25, -0.2) is 8.78 Å². The lowest BCUT2D eigenvalue weighted by molar-refractivity contribution is 0.0986. The number of aliphatic hydroxyl groups excluding tert-OH is 1. The van der Waals surface area contributed by atoms with Gasteiger partial charge < -0.3 is 9.94 Å². The van der Waals surface area contributed by atoms with Crippen LogP contribution < -0.4 is 0 Å². The van der Waals surface area contributed by atoms with Crippen molar-refractivity contribution in [1.29, 1.82) is 0 Å². The standard InChI is InChI=1S/C20H18F2N6O2/c1-11(18-14(21)10-16-13(19(18)22)4-3-7-23-16)20-25-24-17-6-5-15(26-28(17)20)12(2)27-30-9-8-29/h3-7,10-11,29H,8-9H2,1-2H3/b27-12+/t11-/m1/s1. The molecule has 0 amide bonds. The molecule has 0 radical (unpaired) electrons. The van der Waals surface area contributed by atoms with Gasteiger partial charge in [-0.3, -0.25) is 4.98 Å². The van der Waals surface area contributed by atoms with Crippen molar-refractivity contribution < 1.29 is 18.7 Å². The van der Waals surface area contributed by atoms with Crippen LogP contribution in [0, 0.1) is 11.6 Å². The quantitative estimate of drug-likeness (QED) is 0.297. The molecule has 1 N–H and O–H groups in total. The van der Waals surface area contributed by atoms with Gasteiger partial charge in [-0.1, -0.05) is 12.1 Å². The summed E-state index contributed by atoms with van der Waals surface area (Å²) in [5.74, 6) is -1.89. The fourth-order valence-corrected chi connectivity index (χ4v) is 3.19. The van der Waals surface area contributed by atoms with E-state index in [-0.39, 0.29) is 35.5 Å². The third-order valence-corrected chi connectivity index (χ3v) is 4.69. The maximum Gasteiger partial charge on any atom is 0.177 e. The predicted octanol–water partition coefficient (Wildman–Crippen LogP) is 2.84. The van der Waals surface area contributed by atoms with Gasteiger partial charge in [0, 0.05) is 29.1 Å². The van der Waals surface area contributed by atoms with Gasteiger partial charge >= 0.3 is 0 Å². The topological polar surface area (TPSA) is 97.8 Å². The van der Waals surface area contributed by atoms with Gasteiger partial charge in [-0.05, 0) is 31.2 Å². The molecule has 1 atom stereocenters. The molecule has 0 fully saturated rings. The van der Waals surface area contributed by atoms with Crippen molar-refractivity contribution >= 4 is 22.3 Å². The smallest absolute Gasteiger partial charge is 0.177 e. The van der Waals surface area contributed by atoms with Gasteiger partial charge in [0.25, 0.3) is 0 Å². The van der Waals surface area contributed by atoms with Crippen LogP contribution in [0.15, 0.2) is 41.7 Å². The maximum absolute atomic E-state index is 15.1. The number of hydrogen-bond acceptors (Lipinski definition) is 7. The van der Waals surface area contributed by atoms with Crippen LogP contribution in [0.3, 0.4) is 0 Å². The molecule has 4 rings (SSSR count). The summed E-state index contributed by atoms with van der Waals surface area (Å²) < 4.78 is 31.4. The Morgan fingerprint density at radius 2 is 2.10 bits per heavy atom. The molecule has 0 saturated heterocycles. The van der Waals surface area contributed by atoms with E-state index in [0.29, 0.717) is 17.1 Å². The van der Waals surface area contributed by atoms with E-state index >= 15 is 4.39 Å². The third kappa shape index (κ3) is 3.45. The zero-order valence-electron chi connectivity index (χ0n) is 16.3. The first-order valence-corrected chi connectivity index (χ1v) is 9.24. The average Bonchev–Trinajstić information content (AvgIpc) is 3.17. The van der Waals surface area contributed by atoms with Gasteiger partial charge in [-0.15, -0.1) is 10.2 Å².